The van der Waals surface area contributed by atoms with E-state index in [1.165, 1.54) is 5.56 Å². The van der Waals surface area contributed by atoms with Crippen molar-refractivity contribution >= 4 is 11.8 Å². The summed E-state index contributed by atoms with van der Waals surface area (Å²) in [6.45, 7) is 7.48. The van der Waals surface area contributed by atoms with E-state index in [4.69, 9.17) is 0 Å². The predicted octanol–water partition coefficient (Wildman–Crippen LogP) is 2.27. The lowest BCUT2D eigenvalue weighted by molar-refractivity contribution is -0.127. The molecule has 1 aromatic rings. The molecule has 2 atom stereocenters. The maximum atomic E-state index is 12.4. The van der Waals surface area contributed by atoms with Gasteiger partial charge in [-0.3, -0.25) is 14.5 Å². The van der Waals surface area contributed by atoms with Crippen molar-refractivity contribution in [1.29, 1.82) is 0 Å². The van der Waals surface area contributed by atoms with Crippen LogP contribution in [0, 0.1) is 5.92 Å². The van der Waals surface area contributed by atoms with Gasteiger partial charge in [0, 0.05) is 7.05 Å². The third-order valence-electron chi connectivity index (χ3n) is 4.76. The molecule has 25 heavy (non-hydrogen) atoms. The summed E-state index contributed by atoms with van der Waals surface area (Å²) in [6.07, 6.45) is 2.84. The van der Waals surface area contributed by atoms with E-state index in [9.17, 15) is 9.59 Å². The Morgan fingerprint density at radius 3 is 2.48 bits per heavy atom. The third-order valence-corrected chi connectivity index (χ3v) is 4.76. The second-order valence-electron chi connectivity index (χ2n) is 7.37. The van der Waals surface area contributed by atoms with Gasteiger partial charge in [-0.2, -0.15) is 0 Å². The van der Waals surface area contributed by atoms with Crippen LogP contribution >= 0.6 is 0 Å². The van der Waals surface area contributed by atoms with Crippen molar-refractivity contribution in [2.24, 2.45) is 5.92 Å². The quantitative estimate of drug-likeness (QED) is 0.797. The van der Waals surface area contributed by atoms with Gasteiger partial charge < -0.3 is 10.6 Å². The minimum Gasteiger partial charge on any atom is -0.358 e. The number of nitrogens with zero attached hydrogens (tertiary/aromatic N) is 1. The summed E-state index contributed by atoms with van der Waals surface area (Å²) >= 11 is 0. The molecule has 2 rings (SSSR count). The van der Waals surface area contributed by atoms with Crippen LogP contribution in [-0.2, 0) is 16.0 Å². The van der Waals surface area contributed by atoms with Gasteiger partial charge in [-0.25, -0.2) is 0 Å². The molecule has 0 bridgehead atoms. The van der Waals surface area contributed by atoms with E-state index in [1.54, 1.807) is 7.05 Å². The summed E-state index contributed by atoms with van der Waals surface area (Å²) in [4.78, 5) is 26.2. The number of hydrogen-bond acceptors (Lipinski definition) is 3. The SMILES string of the molecule is CNC(=O)C1CCCN1CC(=O)NC(C)c1ccc(CC(C)C)cc1. The largest absolute Gasteiger partial charge is 0.358 e. The van der Waals surface area contributed by atoms with Gasteiger partial charge in [-0.05, 0) is 49.8 Å². The Hall–Kier alpha value is -1.88. The minimum absolute atomic E-state index is 0.000843. The number of likely N-dealkylation sites (tertiary alicyclic amines) is 1. The van der Waals surface area contributed by atoms with E-state index in [2.05, 4.69) is 48.7 Å². The highest BCUT2D eigenvalue weighted by Gasteiger charge is 2.31. The van der Waals surface area contributed by atoms with Crippen molar-refractivity contribution < 1.29 is 9.59 Å². The third kappa shape index (κ3) is 5.56. The van der Waals surface area contributed by atoms with E-state index < -0.39 is 0 Å². The Morgan fingerprint density at radius 1 is 1.20 bits per heavy atom. The van der Waals surface area contributed by atoms with Crippen LogP contribution in [0.1, 0.15) is 50.8 Å². The molecule has 5 heteroatoms. The minimum atomic E-state index is -0.179. The fourth-order valence-electron chi connectivity index (χ4n) is 3.45. The van der Waals surface area contributed by atoms with Crippen LogP contribution in [-0.4, -0.2) is 42.9 Å². The maximum absolute atomic E-state index is 12.4. The molecule has 138 valence electrons. The number of benzene rings is 1. The van der Waals surface area contributed by atoms with E-state index >= 15 is 0 Å². The molecule has 1 aliphatic rings. The van der Waals surface area contributed by atoms with Crippen LogP contribution in [0.3, 0.4) is 0 Å². The normalized spacial score (nSPS) is 19.0. The van der Waals surface area contributed by atoms with Crippen molar-refractivity contribution in [3.05, 3.63) is 35.4 Å². The zero-order valence-electron chi connectivity index (χ0n) is 15.8. The van der Waals surface area contributed by atoms with Crippen LogP contribution in [0.15, 0.2) is 24.3 Å². The van der Waals surface area contributed by atoms with Crippen molar-refractivity contribution in [3.8, 4) is 0 Å². The van der Waals surface area contributed by atoms with Gasteiger partial charge in [-0.1, -0.05) is 38.1 Å². The average molecular weight is 345 g/mol. The lowest BCUT2D eigenvalue weighted by atomic mass is 10.00. The smallest absolute Gasteiger partial charge is 0.237 e. The highest BCUT2D eigenvalue weighted by Crippen LogP contribution is 2.18. The molecule has 0 radical (unpaired) electrons. The van der Waals surface area contributed by atoms with Crippen molar-refractivity contribution in [3.63, 3.8) is 0 Å². The van der Waals surface area contributed by atoms with E-state index in [0.717, 1.165) is 31.4 Å². The van der Waals surface area contributed by atoms with Gasteiger partial charge >= 0.3 is 0 Å². The Morgan fingerprint density at radius 2 is 1.88 bits per heavy atom. The molecule has 1 fully saturated rings. The molecule has 1 aliphatic heterocycles. The van der Waals surface area contributed by atoms with E-state index in [0.29, 0.717) is 5.92 Å². The number of hydrogen-bond donors (Lipinski definition) is 2. The molecule has 1 aromatic carbocycles. The first kappa shape index (κ1) is 19.4. The molecule has 5 nitrogen and oxygen atoms in total. The van der Waals surface area contributed by atoms with Crippen molar-refractivity contribution in [2.75, 3.05) is 20.1 Å². The molecule has 0 aliphatic carbocycles. The summed E-state index contributed by atoms with van der Waals surface area (Å²) in [7, 11) is 1.64. The van der Waals surface area contributed by atoms with Crippen LogP contribution in [0.25, 0.3) is 0 Å². The highest BCUT2D eigenvalue weighted by molar-refractivity contribution is 5.83. The molecular formula is C20H31N3O2. The molecule has 2 N–H and O–H groups in total. The standard InChI is InChI=1S/C20H31N3O2/c1-14(2)12-16-7-9-17(10-8-16)15(3)22-19(24)13-23-11-5-6-18(23)20(25)21-4/h7-10,14-15,18H,5-6,11-13H2,1-4H3,(H,21,25)(H,22,24). The number of likely N-dealkylation sites (N-methyl/N-ethyl adjacent to an activating group) is 1. The number of carbonyl (C=O) groups excluding carboxylic acids is 2. The fourth-order valence-corrected chi connectivity index (χ4v) is 3.45. The lowest BCUT2D eigenvalue weighted by Crippen LogP contribution is -2.46. The average Bonchev–Trinajstić information content (AvgIpc) is 3.02. The van der Waals surface area contributed by atoms with Gasteiger partial charge in [0.2, 0.25) is 11.8 Å². The van der Waals surface area contributed by atoms with Crippen molar-refractivity contribution in [1.82, 2.24) is 15.5 Å². The van der Waals surface area contributed by atoms with Crippen LogP contribution in [0.5, 0.6) is 0 Å². The molecule has 0 saturated carbocycles. The molecule has 1 saturated heterocycles. The monoisotopic (exact) mass is 345 g/mol. The van der Waals surface area contributed by atoms with Crippen LogP contribution < -0.4 is 10.6 Å². The second-order valence-corrected chi connectivity index (χ2v) is 7.37. The Kier molecular flexibility index (Phi) is 7.00. The van der Waals surface area contributed by atoms with E-state index in [-0.39, 0.29) is 30.4 Å². The number of rotatable bonds is 7. The Labute approximate surface area is 151 Å². The number of amides is 2. The summed E-state index contributed by atoms with van der Waals surface area (Å²) in [5.74, 6) is 0.602. The molecule has 2 amide bonds. The first-order valence-corrected chi connectivity index (χ1v) is 9.24. The van der Waals surface area contributed by atoms with Crippen molar-refractivity contribution in [2.45, 2.75) is 52.1 Å². The van der Waals surface area contributed by atoms with E-state index in [1.807, 2.05) is 11.8 Å². The van der Waals surface area contributed by atoms with Crippen LogP contribution in [0.4, 0.5) is 0 Å². The first-order valence-electron chi connectivity index (χ1n) is 9.24. The molecule has 2 unspecified atom stereocenters. The second kappa shape index (κ2) is 8.99. The summed E-state index contributed by atoms with van der Waals surface area (Å²) in [6, 6.07) is 8.24. The predicted molar refractivity (Wildman–Crippen MR) is 100 cm³/mol. The number of carbonyl (C=O) groups is 2. The summed E-state index contributed by atoms with van der Waals surface area (Å²) in [5, 5.41) is 5.73. The fraction of sp³-hybridized carbons (Fsp3) is 0.600. The Bertz CT molecular complexity index is 583. The number of nitrogens with one attached hydrogen (secondary N) is 2. The van der Waals surface area contributed by atoms with Gasteiger partial charge in [0.1, 0.15) is 0 Å². The lowest BCUT2D eigenvalue weighted by Gasteiger charge is -2.23. The highest BCUT2D eigenvalue weighted by atomic mass is 16.2. The summed E-state index contributed by atoms with van der Waals surface area (Å²) in [5.41, 5.74) is 2.42. The molecule has 0 aromatic heterocycles. The molecule has 1 heterocycles. The van der Waals surface area contributed by atoms with Gasteiger partial charge in [0.25, 0.3) is 0 Å². The topological polar surface area (TPSA) is 61.4 Å². The van der Waals surface area contributed by atoms with Gasteiger partial charge in [-0.15, -0.1) is 0 Å². The Balaban J connectivity index is 1.88. The maximum Gasteiger partial charge on any atom is 0.237 e. The first-order chi connectivity index (χ1) is 11.9. The van der Waals surface area contributed by atoms with Crippen LogP contribution in [0.2, 0.25) is 0 Å². The zero-order chi connectivity index (χ0) is 18.4. The van der Waals surface area contributed by atoms with Gasteiger partial charge in [0.05, 0.1) is 18.6 Å². The summed E-state index contributed by atoms with van der Waals surface area (Å²) < 4.78 is 0. The molecular weight excluding hydrogens is 314 g/mol. The van der Waals surface area contributed by atoms with Gasteiger partial charge in [0.15, 0.2) is 0 Å². The zero-order valence-corrected chi connectivity index (χ0v) is 15.8. The molecule has 0 spiro atoms.